The summed E-state index contributed by atoms with van der Waals surface area (Å²) < 4.78 is 0. The molecule has 0 amide bonds. The average molecular weight is 386 g/mol. The molecule has 8 nitrogen and oxygen atoms in total. The van der Waals surface area contributed by atoms with Crippen LogP contribution in [-0.4, -0.2) is 55.9 Å². The van der Waals surface area contributed by atoms with Gasteiger partial charge in [-0.25, -0.2) is 0 Å². The first-order chi connectivity index (χ1) is 13.5. The monoisotopic (exact) mass is 386 g/mol. The summed E-state index contributed by atoms with van der Waals surface area (Å²) in [4.78, 5) is 16.6. The lowest BCUT2D eigenvalue weighted by Crippen LogP contribution is -1.99. The molecule has 2 heterocycles. The third-order valence-electron chi connectivity index (χ3n) is 4.32. The number of aryl methyl sites for hydroxylation is 2. The van der Waals surface area contributed by atoms with Crippen molar-refractivity contribution < 1.29 is 20.4 Å². The van der Waals surface area contributed by atoms with Gasteiger partial charge < -0.3 is 20.4 Å². The lowest BCUT2D eigenvalue weighted by Gasteiger charge is -2.07. The van der Waals surface area contributed by atoms with Gasteiger partial charge in [0.05, 0.1) is 24.6 Å². The highest BCUT2D eigenvalue weighted by Gasteiger charge is 2.09. The van der Waals surface area contributed by atoms with E-state index in [0.29, 0.717) is 46.7 Å². The van der Waals surface area contributed by atoms with Crippen LogP contribution in [0.25, 0.3) is 0 Å². The van der Waals surface area contributed by atoms with Crippen LogP contribution in [0.1, 0.15) is 46.5 Å². The molecule has 8 heteroatoms. The molecule has 0 spiro atoms. The van der Waals surface area contributed by atoms with Gasteiger partial charge in [0, 0.05) is 60.2 Å². The number of aromatic nitrogens is 2. The molecule has 4 N–H and O–H groups in total. The lowest BCUT2D eigenvalue weighted by atomic mass is 10.1. The predicted molar refractivity (Wildman–Crippen MR) is 107 cm³/mol. The molecule has 0 aliphatic carbocycles. The fourth-order valence-corrected chi connectivity index (χ4v) is 2.56. The fraction of sp³-hybridized carbons (Fsp3) is 0.400. The Bertz CT molecular complexity index is 794. The molecule has 2 aromatic rings. The molecule has 0 saturated carbocycles. The lowest BCUT2D eigenvalue weighted by molar-refractivity contribution is 0.280. The van der Waals surface area contributed by atoms with Crippen LogP contribution in [0, 0.1) is 13.8 Å². The van der Waals surface area contributed by atoms with Gasteiger partial charge in [0.2, 0.25) is 0 Å². The van der Waals surface area contributed by atoms with E-state index in [4.69, 9.17) is 0 Å². The third-order valence-corrected chi connectivity index (χ3v) is 4.32. The number of unbranched alkanes of at least 4 members (excludes halogenated alkanes) is 1. The van der Waals surface area contributed by atoms with Crippen molar-refractivity contribution in [3.8, 4) is 11.5 Å². The summed E-state index contributed by atoms with van der Waals surface area (Å²) in [5, 5.41) is 38.8. The molecule has 2 aromatic heterocycles. The van der Waals surface area contributed by atoms with Gasteiger partial charge in [-0.1, -0.05) is 0 Å². The third kappa shape index (κ3) is 5.34. The maximum absolute atomic E-state index is 10.0. The van der Waals surface area contributed by atoms with Gasteiger partial charge in [0.1, 0.15) is 11.5 Å². The van der Waals surface area contributed by atoms with Crippen molar-refractivity contribution >= 4 is 12.4 Å². The number of aliphatic hydroxyl groups is 2. The van der Waals surface area contributed by atoms with Crippen LogP contribution in [0.3, 0.4) is 0 Å². The molecule has 0 radical (unpaired) electrons. The predicted octanol–water partition coefficient (Wildman–Crippen LogP) is 1.81. The minimum Gasteiger partial charge on any atom is -0.505 e. The van der Waals surface area contributed by atoms with Crippen molar-refractivity contribution in [3.63, 3.8) is 0 Å². The van der Waals surface area contributed by atoms with Crippen LogP contribution in [0.2, 0.25) is 0 Å². The Labute approximate surface area is 164 Å². The molecule has 0 bridgehead atoms. The zero-order valence-electron chi connectivity index (χ0n) is 16.1. The molecule has 0 aliphatic rings. The Morgan fingerprint density at radius 2 is 1.18 bits per heavy atom. The summed E-state index contributed by atoms with van der Waals surface area (Å²) in [5.41, 5.74) is 3.03. The van der Waals surface area contributed by atoms with Crippen LogP contribution in [0.4, 0.5) is 0 Å². The molecular formula is C20H26N4O4. The summed E-state index contributed by atoms with van der Waals surface area (Å²) in [7, 11) is 0. The van der Waals surface area contributed by atoms with Gasteiger partial charge in [-0.15, -0.1) is 0 Å². The summed E-state index contributed by atoms with van der Waals surface area (Å²) in [6, 6.07) is 0. The first-order valence-electron chi connectivity index (χ1n) is 9.05. The number of pyridine rings is 2. The van der Waals surface area contributed by atoms with E-state index in [9.17, 15) is 20.4 Å². The second kappa shape index (κ2) is 10.5. The number of aromatic hydroxyl groups is 2. The van der Waals surface area contributed by atoms with Crippen molar-refractivity contribution in [2.24, 2.45) is 9.98 Å². The quantitative estimate of drug-likeness (QED) is 0.384. The van der Waals surface area contributed by atoms with E-state index in [2.05, 4.69) is 20.0 Å². The fourth-order valence-electron chi connectivity index (χ4n) is 2.56. The Morgan fingerprint density at radius 3 is 1.54 bits per heavy atom. The Morgan fingerprint density at radius 1 is 0.786 bits per heavy atom. The highest BCUT2D eigenvalue weighted by Crippen LogP contribution is 2.22. The summed E-state index contributed by atoms with van der Waals surface area (Å²) in [5.74, 6) is 0.0686. The highest BCUT2D eigenvalue weighted by atomic mass is 16.3. The number of aliphatic hydroxyl groups excluding tert-OH is 2. The van der Waals surface area contributed by atoms with Crippen LogP contribution >= 0.6 is 0 Å². The number of hydrogen-bond donors (Lipinski definition) is 4. The molecule has 150 valence electrons. The van der Waals surface area contributed by atoms with Gasteiger partial charge in [0.15, 0.2) is 0 Å². The van der Waals surface area contributed by atoms with E-state index in [1.54, 1.807) is 26.3 Å². The molecule has 0 aromatic carbocycles. The van der Waals surface area contributed by atoms with E-state index < -0.39 is 0 Å². The maximum atomic E-state index is 10.0. The van der Waals surface area contributed by atoms with Gasteiger partial charge >= 0.3 is 0 Å². The number of rotatable bonds is 9. The molecule has 0 saturated heterocycles. The Kier molecular flexibility index (Phi) is 8.03. The van der Waals surface area contributed by atoms with E-state index in [0.717, 1.165) is 12.8 Å². The van der Waals surface area contributed by atoms with E-state index in [1.165, 1.54) is 12.4 Å². The van der Waals surface area contributed by atoms with Crippen molar-refractivity contribution in [2.75, 3.05) is 13.1 Å². The number of aliphatic imine (C=N–C) groups is 2. The summed E-state index contributed by atoms with van der Waals surface area (Å²) in [6.07, 6.45) is 7.76. The normalized spacial score (nSPS) is 11.7. The summed E-state index contributed by atoms with van der Waals surface area (Å²) >= 11 is 0. The minimum absolute atomic E-state index is 0.0343. The van der Waals surface area contributed by atoms with Crippen molar-refractivity contribution in [3.05, 3.63) is 46.0 Å². The van der Waals surface area contributed by atoms with E-state index >= 15 is 0 Å². The second-order valence-corrected chi connectivity index (χ2v) is 6.36. The second-order valence-electron chi connectivity index (χ2n) is 6.36. The Balaban J connectivity index is 1.85. The molecule has 0 unspecified atom stereocenters. The SMILES string of the molecule is Cc1ncc(CO)c(C=NCCCCN=Cc2c(CO)cnc(C)c2O)c1O. The van der Waals surface area contributed by atoms with E-state index in [1.807, 2.05) is 0 Å². The van der Waals surface area contributed by atoms with Crippen molar-refractivity contribution in [2.45, 2.75) is 39.9 Å². The van der Waals surface area contributed by atoms with Gasteiger partial charge in [-0.2, -0.15) is 0 Å². The molecular weight excluding hydrogens is 360 g/mol. The number of nitrogens with zero attached hydrogens (tertiary/aromatic N) is 4. The van der Waals surface area contributed by atoms with Crippen LogP contribution in [0.15, 0.2) is 22.4 Å². The van der Waals surface area contributed by atoms with Crippen molar-refractivity contribution in [1.82, 2.24) is 9.97 Å². The zero-order chi connectivity index (χ0) is 20.5. The molecule has 0 fully saturated rings. The summed E-state index contributed by atoms with van der Waals surface area (Å²) in [6.45, 7) is 4.07. The Hall–Kier alpha value is -2.84. The minimum atomic E-state index is -0.214. The molecule has 0 aliphatic heterocycles. The topological polar surface area (TPSA) is 131 Å². The standard InChI is InChI=1S/C20H26N4O4/c1-13-19(27)17(15(11-25)7-23-13)9-21-5-3-4-6-22-10-18-16(12-26)8-24-14(2)20(18)28/h7-10,25-28H,3-6,11-12H2,1-2H3. The van der Waals surface area contributed by atoms with Crippen LogP contribution < -0.4 is 0 Å². The average Bonchev–Trinajstić information content (AvgIpc) is 2.70. The largest absolute Gasteiger partial charge is 0.505 e. The van der Waals surface area contributed by atoms with Crippen LogP contribution in [0.5, 0.6) is 11.5 Å². The van der Waals surface area contributed by atoms with Gasteiger partial charge in [-0.3, -0.25) is 20.0 Å². The maximum Gasteiger partial charge on any atom is 0.145 e. The van der Waals surface area contributed by atoms with Crippen LogP contribution in [-0.2, 0) is 13.2 Å². The van der Waals surface area contributed by atoms with Crippen molar-refractivity contribution in [1.29, 1.82) is 0 Å². The van der Waals surface area contributed by atoms with E-state index in [-0.39, 0.29) is 24.7 Å². The molecule has 0 atom stereocenters. The molecule has 28 heavy (non-hydrogen) atoms. The highest BCUT2D eigenvalue weighted by molar-refractivity contribution is 5.86. The number of hydrogen-bond acceptors (Lipinski definition) is 8. The van der Waals surface area contributed by atoms with Gasteiger partial charge in [0.25, 0.3) is 0 Å². The zero-order valence-corrected chi connectivity index (χ0v) is 16.1. The first-order valence-corrected chi connectivity index (χ1v) is 9.05. The van der Waals surface area contributed by atoms with Gasteiger partial charge in [-0.05, 0) is 26.7 Å². The first kappa shape index (κ1) is 21.5. The molecule has 2 rings (SSSR count). The smallest absolute Gasteiger partial charge is 0.145 e.